The van der Waals surface area contributed by atoms with Crippen molar-refractivity contribution >= 4 is 17.6 Å². The van der Waals surface area contributed by atoms with Gasteiger partial charge in [0.1, 0.15) is 12.6 Å². The number of carbonyl (C=O) groups is 2. The number of nitrogens with one attached hydrogen (secondary N) is 1. The highest BCUT2D eigenvalue weighted by molar-refractivity contribution is 5.86. The predicted octanol–water partition coefficient (Wildman–Crippen LogP) is 4.13. The molecular formula is C21H25NO4. The Morgan fingerprint density at radius 2 is 2.04 bits per heavy atom. The Hall–Kier alpha value is -2.82. The van der Waals surface area contributed by atoms with Crippen molar-refractivity contribution in [2.24, 2.45) is 5.92 Å². The molecule has 0 heterocycles. The number of hydrogen-bond acceptors (Lipinski definition) is 3. The zero-order valence-corrected chi connectivity index (χ0v) is 15.4. The van der Waals surface area contributed by atoms with Crippen molar-refractivity contribution in [2.45, 2.75) is 32.7 Å². The normalized spacial score (nSPS) is 17.3. The van der Waals surface area contributed by atoms with Gasteiger partial charge in [0.25, 0.3) is 0 Å². The molecule has 0 spiro atoms. The largest absolute Gasteiger partial charge is 0.480 e. The van der Waals surface area contributed by atoms with Crippen molar-refractivity contribution in [2.75, 3.05) is 6.61 Å². The van der Waals surface area contributed by atoms with Gasteiger partial charge in [-0.3, -0.25) is 0 Å². The maximum absolute atomic E-state index is 12.1. The van der Waals surface area contributed by atoms with E-state index in [1.54, 1.807) is 13.8 Å². The topological polar surface area (TPSA) is 75.6 Å². The maximum atomic E-state index is 12.1. The van der Waals surface area contributed by atoms with Gasteiger partial charge in [0, 0.05) is 5.92 Å². The molecule has 5 heteroatoms. The number of allylic oxidation sites excluding steroid dienone is 4. The molecule has 0 fully saturated rings. The van der Waals surface area contributed by atoms with Crippen LogP contribution in [0.25, 0.3) is 5.57 Å². The van der Waals surface area contributed by atoms with Gasteiger partial charge in [-0.05, 0) is 35.1 Å². The lowest BCUT2D eigenvalue weighted by Gasteiger charge is -2.19. The first-order valence-electron chi connectivity index (χ1n) is 8.65. The molecule has 0 saturated heterocycles. The van der Waals surface area contributed by atoms with E-state index in [1.807, 2.05) is 49.4 Å². The maximum Gasteiger partial charge on any atom is 0.407 e. The molecule has 1 aromatic rings. The Kier molecular flexibility index (Phi) is 6.39. The third kappa shape index (κ3) is 4.04. The van der Waals surface area contributed by atoms with Crippen LogP contribution in [0.15, 0.2) is 54.6 Å². The molecule has 2 atom stereocenters. The number of alkyl carbamates (subject to hydrolysis) is 1. The summed E-state index contributed by atoms with van der Waals surface area (Å²) in [5, 5.41) is 11.6. The summed E-state index contributed by atoms with van der Waals surface area (Å²) in [5.41, 5.74) is 4.21. The fourth-order valence-corrected chi connectivity index (χ4v) is 3.19. The molecule has 26 heavy (non-hydrogen) atoms. The lowest BCUT2D eigenvalue weighted by Crippen LogP contribution is -2.44. The van der Waals surface area contributed by atoms with Crippen LogP contribution in [0.1, 0.15) is 37.8 Å². The summed E-state index contributed by atoms with van der Waals surface area (Å²) in [6.07, 6.45) is 5.03. The van der Waals surface area contributed by atoms with Crippen LogP contribution in [0, 0.1) is 5.92 Å². The highest BCUT2D eigenvalue weighted by Crippen LogP contribution is 2.43. The Labute approximate surface area is 154 Å². The first-order valence-corrected chi connectivity index (χ1v) is 8.65. The number of carbonyl (C=O) groups excluding carboxylic acids is 1. The molecule has 5 nitrogen and oxygen atoms in total. The lowest BCUT2D eigenvalue weighted by atomic mass is 9.96. The summed E-state index contributed by atoms with van der Waals surface area (Å²) < 4.78 is 5.37. The van der Waals surface area contributed by atoms with Gasteiger partial charge >= 0.3 is 12.1 Å². The van der Waals surface area contributed by atoms with Crippen molar-refractivity contribution in [1.82, 2.24) is 5.32 Å². The second kappa shape index (κ2) is 8.52. The molecule has 2 unspecified atom stereocenters. The SMILES string of the molecule is C=CC1=C(/C=C\C)C(COC(=O)NC(C(=O)O)C(C)C)c2ccccc21. The number of benzene rings is 1. The zero-order chi connectivity index (χ0) is 19.3. The first-order chi connectivity index (χ1) is 12.4. The molecule has 0 aromatic heterocycles. The first kappa shape index (κ1) is 19.5. The monoisotopic (exact) mass is 355 g/mol. The third-order valence-electron chi connectivity index (χ3n) is 4.45. The minimum Gasteiger partial charge on any atom is -0.480 e. The number of ether oxygens (including phenoxy) is 1. The van der Waals surface area contributed by atoms with Crippen molar-refractivity contribution < 1.29 is 19.4 Å². The Morgan fingerprint density at radius 3 is 2.62 bits per heavy atom. The summed E-state index contributed by atoms with van der Waals surface area (Å²) in [7, 11) is 0. The van der Waals surface area contributed by atoms with Gasteiger partial charge in [-0.25, -0.2) is 9.59 Å². The fraction of sp³-hybridized carbons (Fsp3) is 0.333. The molecule has 2 N–H and O–H groups in total. The number of rotatable bonds is 7. The summed E-state index contributed by atoms with van der Waals surface area (Å²) in [6, 6.07) is 6.97. The average molecular weight is 355 g/mol. The van der Waals surface area contributed by atoms with Gasteiger partial charge in [-0.15, -0.1) is 0 Å². The van der Waals surface area contributed by atoms with Crippen LogP contribution in [0.3, 0.4) is 0 Å². The molecule has 0 bridgehead atoms. The number of fused-ring (bicyclic) bond motifs is 1. The number of carboxylic acid groups (broad SMARTS) is 1. The van der Waals surface area contributed by atoms with E-state index < -0.39 is 18.1 Å². The second-order valence-electron chi connectivity index (χ2n) is 6.52. The molecular weight excluding hydrogens is 330 g/mol. The molecule has 1 aliphatic rings. The lowest BCUT2D eigenvalue weighted by molar-refractivity contribution is -0.140. The van der Waals surface area contributed by atoms with Gasteiger partial charge in [0.15, 0.2) is 0 Å². The number of amides is 1. The van der Waals surface area contributed by atoms with E-state index in [4.69, 9.17) is 4.74 Å². The standard InChI is InChI=1S/C21H25NO4/c1-5-9-15-14(6-2)16-10-7-8-11-17(16)18(15)12-26-21(25)22-19(13(3)4)20(23)24/h5-11,13,18-19H,2,12H2,1,3-4H3,(H,22,25)(H,23,24)/b9-5-. The van der Waals surface area contributed by atoms with Crippen LogP contribution in [0.5, 0.6) is 0 Å². The molecule has 1 aromatic carbocycles. The molecule has 2 rings (SSSR count). The molecule has 138 valence electrons. The number of aliphatic carboxylic acids is 1. The quantitative estimate of drug-likeness (QED) is 0.771. The van der Waals surface area contributed by atoms with E-state index in [1.165, 1.54) is 0 Å². The summed E-state index contributed by atoms with van der Waals surface area (Å²) in [6.45, 7) is 9.43. The summed E-state index contributed by atoms with van der Waals surface area (Å²) in [5.74, 6) is -1.42. The molecule has 1 amide bonds. The average Bonchev–Trinajstić information content (AvgIpc) is 2.90. The van der Waals surface area contributed by atoms with Crippen molar-refractivity contribution in [3.8, 4) is 0 Å². The third-order valence-corrected chi connectivity index (χ3v) is 4.45. The highest BCUT2D eigenvalue weighted by atomic mass is 16.5. The number of hydrogen-bond donors (Lipinski definition) is 2. The van der Waals surface area contributed by atoms with Gasteiger partial charge in [0.05, 0.1) is 0 Å². The van der Waals surface area contributed by atoms with E-state index in [0.29, 0.717) is 0 Å². The molecule has 0 aliphatic heterocycles. The van der Waals surface area contributed by atoms with Gasteiger partial charge in [-0.2, -0.15) is 0 Å². The Bertz CT molecular complexity index is 761. The van der Waals surface area contributed by atoms with Crippen molar-refractivity contribution in [3.05, 3.63) is 65.8 Å². The molecule has 0 radical (unpaired) electrons. The minimum atomic E-state index is -1.08. The van der Waals surface area contributed by atoms with Crippen molar-refractivity contribution in [3.63, 3.8) is 0 Å². The van der Waals surface area contributed by atoms with Crippen LogP contribution in [-0.4, -0.2) is 29.8 Å². The zero-order valence-electron chi connectivity index (χ0n) is 15.4. The number of carboxylic acids is 1. The van der Waals surface area contributed by atoms with E-state index >= 15 is 0 Å². The van der Waals surface area contributed by atoms with E-state index in [9.17, 15) is 14.7 Å². The van der Waals surface area contributed by atoms with E-state index in [2.05, 4.69) is 11.9 Å². The van der Waals surface area contributed by atoms with E-state index in [0.717, 1.165) is 22.3 Å². The van der Waals surface area contributed by atoms with Crippen LogP contribution in [-0.2, 0) is 9.53 Å². The minimum absolute atomic E-state index is 0.108. The van der Waals surface area contributed by atoms with Crippen LogP contribution < -0.4 is 5.32 Å². The Balaban J connectivity index is 2.17. The molecule has 1 aliphatic carbocycles. The van der Waals surface area contributed by atoms with Crippen LogP contribution in [0.4, 0.5) is 4.79 Å². The van der Waals surface area contributed by atoms with Gasteiger partial charge in [-0.1, -0.05) is 62.9 Å². The predicted molar refractivity (Wildman–Crippen MR) is 102 cm³/mol. The van der Waals surface area contributed by atoms with Gasteiger partial charge in [0.2, 0.25) is 0 Å². The highest BCUT2D eigenvalue weighted by Gasteiger charge is 2.30. The van der Waals surface area contributed by atoms with Crippen LogP contribution >= 0.6 is 0 Å². The Morgan fingerprint density at radius 1 is 1.35 bits per heavy atom. The second-order valence-corrected chi connectivity index (χ2v) is 6.52. The summed E-state index contributed by atoms with van der Waals surface area (Å²) in [4.78, 5) is 23.3. The van der Waals surface area contributed by atoms with Gasteiger partial charge < -0.3 is 15.2 Å². The molecule has 0 saturated carbocycles. The van der Waals surface area contributed by atoms with Crippen LogP contribution in [0.2, 0.25) is 0 Å². The smallest absolute Gasteiger partial charge is 0.407 e. The van der Waals surface area contributed by atoms with E-state index in [-0.39, 0.29) is 18.4 Å². The fourth-order valence-electron chi connectivity index (χ4n) is 3.19. The van der Waals surface area contributed by atoms with Crippen molar-refractivity contribution in [1.29, 1.82) is 0 Å². The summed E-state index contributed by atoms with van der Waals surface area (Å²) >= 11 is 0.